The van der Waals surface area contributed by atoms with Crippen molar-refractivity contribution in [3.8, 4) is 23.0 Å². The number of nitrogens with zero attached hydrogens (tertiary/aromatic N) is 1. The molecule has 0 saturated heterocycles. The standard InChI is InChI=1S/C20H18FN3O5/c1-27-16-7-6-14(8-17(16)28-11-18(22)25)23-19(26)9-15-10-29-20(24-15)12-2-4-13(21)5-3-12/h2-8,10H,9,11H2,1H3,(H2,22,25)(H,23,26). The largest absolute Gasteiger partial charge is 0.493 e. The van der Waals surface area contributed by atoms with Crippen LogP contribution in [-0.2, 0) is 16.0 Å². The highest BCUT2D eigenvalue weighted by Crippen LogP contribution is 2.30. The van der Waals surface area contributed by atoms with Crippen molar-refractivity contribution in [3.05, 3.63) is 60.2 Å². The van der Waals surface area contributed by atoms with E-state index < -0.39 is 5.91 Å². The molecule has 0 atom stereocenters. The van der Waals surface area contributed by atoms with Crippen molar-refractivity contribution < 1.29 is 27.9 Å². The number of anilines is 1. The molecule has 9 heteroatoms. The highest BCUT2D eigenvalue weighted by atomic mass is 19.1. The Morgan fingerprint density at radius 3 is 2.62 bits per heavy atom. The van der Waals surface area contributed by atoms with Gasteiger partial charge in [0.25, 0.3) is 5.91 Å². The molecule has 0 unspecified atom stereocenters. The molecule has 1 aromatic heterocycles. The van der Waals surface area contributed by atoms with Crippen LogP contribution in [0.4, 0.5) is 10.1 Å². The Hall–Kier alpha value is -3.88. The molecule has 0 spiro atoms. The number of oxazole rings is 1. The number of rotatable bonds is 8. The molecular weight excluding hydrogens is 381 g/mol. The second-order valence-corrected chi connectivity index (χ2v) is 6.00. The zero-order valence-corrected chi connectivity index (χ0v) is 15.5. The van der Waals surface area contributed by atoms with Crippen LogP contribution in [0, 0.1) is 5.82 Å². The molecule has 0 aliphatic heterocycles. The number of carbonyl (C=O) groups is 2. The van der Waals surface area contributed by atoms with Crippen LogP contribution in [0.1, 0.15) is 5.69 Å². The first kappa shape index (κ1) is 19.9. The van der Waals surface area contributed by atoms with Gasteiger partial charge in [0.1, 0.15) is 12.1 Å². The van der Waals surface area contributed by atoms with E-state index in [-0.39, 0.29) is 30.5 Å². The number of primary amides is 1. The second-order valence-electron chi connectivity index (χ2n) is 6.00. The molecule has 2 amide bonds. The zero-order valence-electron chi connectivity index (χ0n) is 15.5. The predicted octanol–water partition coefficient (Wildman–Crippen LogP) is 2.53. The van der Waals surface area contributed by atoms with Crippen LogP contribution in [0.25, 0.3) is 11.5 Å². The van der Waals surface area contributed by atoms with E-state index in [4.69, 9.17) is 19.6 Å². The number of amides is 2. The van der Waals surface area contributed by atoms with Gasteiger partial charge in [-0.3, -0.25) is 9.59 Å². The van der Waals surface area contributed by atoms with E-state index in [1.807, 2.05) is 0 Å². The van der Waals surface area contributed by atoms with Crippen molar-refractivity contribution in [2.45, 2.75) is 6.42 Å². The number of hydrogen-bond acceptors (Lipinski definition) is 6. The first-order valence-corrected chi connectivity index (χ1v) is 8.54. The fourth-order valence-corrected chi connectivity index (χ4v) is 2.50. The number of halogens is 1. The Morgan fingerprint density at radius 2 is 1.93 bits per heavy atom. The van der Waals surface area contributed by atoms with E-state index >= 15 is 0 Å². The molecule has 0 aliphatic carbocycles. The van der Waals surface area contributed by atoms with Gasteiger partial charge in [-0.2, -0.15) is 0 Å². The summed E-state index contributed by atoms with van der Waals surface area (Å²) in [6, 6.07) is 10.4. The molecule has 0 aliphatic rings. The molecule has 0 fully saturated rings. The predicted molar refractivity (Wildman–Crippen MR) is 102 cm³/mol. The van der Waals surface area contributed by atoms with Gasteiger partial charge in [0.15, 0.2) is 18.1 Å². The number of hydrogen-bond donors (Lipinski definition) is 2. The highest BCUT2D eigenvalue weighted by Gasteiger charge is 2.13. The lowest BCUT2D eigenvalue weighted by molar-refractivity contribution is -0.120. The molecule has 1 heterocycles. The number of nitrogens with two attached hydrogens (primary N) is 1. The van der Waals surface area contributed by atoms with Crippen LogP contribution < -0.4 is 20.5 Å². The van der Waals surface area contributed by atoms with Crippen molar-refractivity contribution in [2.75, 3.05) is 19.0 Å². The lowest BCUT2D eigenvalue weighted by Gasteiger charge is -2.12. The maximum Gasteiger partial charge on any atom is 0.255 e. The Morgan fingerprint density at radius 1 is 1.17 bits per heavy atom. The second kappa shape index (κ2) is 8.87. The van der Waals surface area contributed by atoms with Gasteiger partial charge in [0.2, 0.25) is 11.8 Å². The van der Waals surface area contributed by atoms with Crippen molar-refractivity contribution >= 4 is 17.5 Å². The molecule has 150 valence electrons. The normalized spacial score (nSPS) is 10.4. The molecule has 3 aromatic rings. The fraction of sp³-hybridized carbons (Fsp3) is 0.150. The quantitative estimate of drug-likeness (QED) is 0.601. The van der Waals surface area contributed by atoms with E-state index in [1.54, 1.807) is 12.1 Å². The molecule has 29 heavy (non-hydrogen) atoms. The fourth-order valence-electron chi connectivity index (χ4n) is 2.50. The summed E-state index contributed by atoms with van der Waals surface area (Å²) in [5.74, 6) is -0.383. The van der Waals surface area contributed by atoms with E-state index in [9.17, 15) is 14.0 Å². The summed E-state index contributed by atoms with van der Waals surface area (Å²) in [5.41, 5.74) is 6.54. The number of aromatic nitrogens is 1. The minimum atomic E-state index is -0.635. The average Bonchev–Trinajstić information content (AvgIpc) is 3.15. The summed E-state index contributed by atoms with van der Waals surface area (Å²) in [6.07, 6.45) is 1.34. The topological polar surface area (TPSA) is 117 Å². The van der Waals surface area contributed by atoms with Crippen LogP contribution in [0.5, 0.6) is 11.5 Å². The summed E-state index contributed by atoms with van der Waals surface area (Å²) in [4.78, 5) is 27.5. The van der Waals surface area contributed by atoms with Crippen molar-refractivity contribution in [1.82, 2.24) is 4.98 Å². The van der Waals surface area contributed by atoms with E-state index in [2.05, 4.69) is 10.3 Å². The first-order chi connectivity index (χ1) is 13.9. The summed E-state index contributed by atoms with van der Waals surface area (Å²) >= 11 is 0. The van der Waals surface area contributed by atoms with Crippen molar-refractivity contribution in [1.29, 1.82) is 0 Å². The lowest BCUT2D eigenvalue weighted by Crippen LogP contribution is -2.20. The van der Waals surface area contributed by atoms with Crippen LogP contribution in [-0.4, -0.2) is 30.5 Å². The Kier molecular flexibility index (Phi) is 6.08. The molecule has 0 radical (unpaired) electrons. The van der Waals surface area contributed by atoms with Crippen LogP contribution in [0.15, 0.2) is 53.1 Å². The third kappa shape index (κ3) is 5.32. The smallest absolute Gasteiger partial charge is 0.255 e. The maximum atomic E-state index is 13.0. The van der Waals surface area contributed by atoms with E-state index in [1.165, 1.54) is 43.7 Å². The number of methoxy groups -OCH3 is 1. The molecular formula is C20H18FN3O5. The number of ether oxygens (including phenoxy) is 2. The highest BCUT2D eigenvalue weighted by molar-refractivity contribution is 5.92. The molecule has 3 rings (SSSR count). The monoisotopic (exact) mass is 399 g/mol. The van der Waals surface area contributed by atoms with Crippen molar-refractivity contribution in [2.24, 2.45) is 5.73 Å². The molecule has 0 bridgehead atoms. The maximum absolute atomic E-state index is 13.0. The molecule has 3 N–H and O–H groups in total. The van der Waals surface area contributed by atoms with Crippen LogP contribution in [0.2, 0.25) is 0 Å². The third-order valence-corrected chi connectivity index (χ3v) is 3.80. The van der Waals surface area contributed by atoms with Crippen LogP contribution in [0.3, 0.4) is 0 Å². The van der Waals surface area contributed by atoms with Gasteiger partial charge >= 0.3 is 0 Å². The Labute approximate surface area is 165 Å². The average molecular weight is 399 g/mol. The van der Waals surface area contributed by atoms with Gasteiger partial charge in [-0.1, -0.05) is 0 Å². The number of carbonyl (C=O) groups excluding carboxylic acids is 2. The summed E-state index contributed by atoms with van der Waals surface area (Å²) in [5, 5.41) is 2.70. The Bertz CT molecular complexity index is 1020. The minimum Gasteiger partial charge on any atom is -0.493 e. The first-order valence-electron chi connectivity index (χ1n) is 8.54. The zero-order chi connectivity index (χ0) is 20.8. The van der Waals surface area contributed by atoms with E-state index in [0.717, 1.165) is 0 Å². The molecule has 0 saturated carbocycles. The van der Waals surface area contributed by atoms with Gasteiger partial charge in [-0.15, -0.1) is 0 Å². The van der Waals surface area contributed by atoms with Gasteiger partial charge < -0.3 is 24.9 Å². The minimum absolute atomic E-state index is 0.0335. The van der Waals surface area contributed by atoms with Gasteiger partial charge in [0, 0.05) is 17.3 Å². The summed E-state index contributed by atoms with van der Waals surface area (Å²) < 4.78 is 28.8. The third-order valence-electron chi connectivity index (χ3n) is 3.80. The van der Waals surface area contributed by atoms with Gasteiger partial charge in [-0.25, -0.2) is 9.37 Å². The summed E-state index contributed by atoms with van der Waals surface area (Å²) in [6.45, 7) is -0.321. The van der Waals surface area contributed by atoms with Crippen molar-refractivity contribution in [3.63, 3.8) is 0 Å². The number of nitrogens with one attached hydrogen (secondary N) is 1. The number of benzene rings is 2. The van der Waals surface area contributed by atoms with Crippen LogP contribution >= 0.6 is 0 Å². The Balaban J connectivity index is 1.65. The van der Waals surface area contributed by atoms with Gasteiger partial charge in [-0.05, 0) is 36.4 Å². The molecule has 8 nitrogen and oxygen atoms in total. The SMILES string of the molecule is COc1ccc(NC(=O)Cc2coc(-c3ccc(F)cc3)n2)cc1OCC(N)=O. The van der Waals surface area contributed by atoms with E-state index in [0.29, 0.717) is 28.6 Å². The van der Waals surface area contributed by atoms with Gasteiger partial charge in [0.05, 0.1) is 19.2 Å². The lowest BCUT2D eigenvalue weighted by atomic mass is 10.2. The molecule has 2 aromatic carbocycles. The summed E-state index contributed by atoms with van der Waals surface area (Å²) in [7, 11) is 1.45.